The second-order valence-corrected chi connectivity index (χ2v) is 7.88. The van der Waals surface area contributed by atoms with Gasteiger partial charge in [0, 0.05) is 18.7 Å². The Labute approximate surface area is 181 Å². The van der Waals surface area contributed by atoms with Crippen molar-refractivity contribution in [1.82, 2.24) is 4.90 Å². The summed E-state index contributed by atoms with van der Waals surface area (Å²) < 4.78 is 5.33. The fourth-order valence-corrected chi connectivity index (χ4v) is 4.21. The lowest BCUT2D eigenvalue weighted by Gasteiger charge is -2.29. The van der Waals surface area contributed by atoms with Gasteiger partial charge in [0.05, 0.1) is 17.9 Å². The van der Waals surface area contributed by atoms with Crippen molar-refractivity contribution < 1.29 is 19.5 Å². The van der Waals surface area contributed by atoms with Crippen molar-refractivity contribution in [3.05, 3.63) is 51.7 Å². The Kier molecular flexibility index (Phi) is 8.95. The number of aryl methyl sites for hydroxylation is 1. The molecule has 0 saturated carbocycles. The number of carboxylic acid groups (broad SMARTS) is 1. The lowest BCUT2D eigenvalue weighted by molar-refractivity contribution is -0.143. The molecule has 1 atom stereocenters. The minimum Gasteiger partial charge on any atom is -0.497 e. The monoisotopic (exact) mass is 438 g/mol. The van der Waals surface area contributed by atoms with E-state index in [0.717, 1.165) is 41.3 Å². The summed E-state index contributed by atoms with van der Waals surface area (Å²) in [6.45, 7) is 4.63. The van der Waals surface area contributed by atoms with Gasteiger partial charge in [0.2, 0.25) is 0 Å². The number of benzene rings is 1. The van der Waals surface area contributed by atoms with E-state index < -0.39 is 5.97 Å². The molecule has 8 heteroatoms. The molecule has 1 aliphatic rings. The van der Waals surface area contributed by atoms with Crippen molar-refractivity contribution in [3.8, 4) is 5.75 Å². The number of carboxylic acids is 1. The number of methoxy groups -OCH3 is 1. The van der Waals surface area contributed by atoms with Crippen molar-refractivity contribution in [2.45, 2.75) is 19.8 Å². The van der Waals surface area contributed by atoms with E-state index in [2.05, 4.69) is 28.4 Å². The van der Waals surface area contributed by atoms with E-state index in [1.54, 1.807) is 18.4 Å². The molecule has 1 aliphatic heterocycles. The Balaban J connectivity index is 0.00000300. The summed E-state index contributed by atoms with van der Waals surface area (Å²) in [5, 5.41) is 15.7. The Bertz CT molecular complexity index is 840. The largest absolute Gasteiger partial charge is 0.497 e. The first kappa shape index (κ1) is 23.2. The Hall–Kier alpha value is -2.09. The number of ether oxygens (including phenoxy) is 1. The summed E-state index contributed by atoms with van der Waals surface area (Å²) in [4.78, 5) is 20.0. The average molecular weight is 439 g/mol. The SMILES string of the molecule is COc1cccc(/C(=N\OCCN2CCC[C@@H](C(=O)O)C2)c2cc(C)cs2)c1.Cl. The number of halogens is 1. The van der Waals surface area contributed by atoms with Crippen molar-refractivity contribution in [1.29, 1.82) is 0 Å². The van der Waals surface area contributed by atoms with Crippen LogP contribution in [0.3, 0.4) is 0 Å². The van der Waals surface area contributed by atoms with Crippen LogP contribution < -0.4 is 4.74 Å². The van der Waals surface area contributed by atoms with Crippen LogP contribution in [-0.4, -0.2) is 55.0 Å². The Morgan fingerprint density at radius 3 is 2.90 bits per heavy atom. The number of nitrogens with zero attached hydrogens (tertiary/aromatic N) is 2. The van der Waals surface area contributed by atoms with E-state index in [1.165, 1.54) is 5.56 Å². The van der Waals surface area contributed by atoms with Crippen LogP contribution in [0.5, 0.6) is 5.75 Å². The molecule has 0 unspecified atom stereocenters. The molecule has 1 aromatic heterocycles. The number of likely N-dealkylation sites (tertiary alicyclic amines) is 1. The second kappa shape index (κ2) is 11.2. The first-order valence-corrected chi connectivity index (χ1v) is 10.3. The van der Waals surface area contributed by atoms with Gasteiger partial charge < -0.3 is 14.7 Å². The molecule has 0 aliphatic carbocycles. The van der Waals surface area contributed by atoms with Crippen LogP contribution in [0.2, 0.25) is 0 Å². The maximum absolute atomic E-state index is 11.2. The van der Waals surface area contributed by atoms with Gasteiger partial charge in [-0.3, -0.25) is 9.69 Å². The fraction of sp³-hybridized carbons (Fsp3) is 0.429. The number of hydrogen-bond acceptors (Lipinski definition) is 6. The minimum absolute atomic E-state index is 0. The van der Waals surface area contributed by atoms with Crippen LogP contribution in [0.4, 0.5) is 0 Å². The van der Waals surface area contributed by atoms with Gasteiger partial charge in [0.25, 0.3) is 0 Å². The molecular weight excluding hydrogens is 412 g/mol. The van der Waals surface area contributed by atoms with Crippen LogP contribution in [0, 0.1) is 12.8 Å². The lowest BCUT2D eigenvalue weighted by Crippen LogP contribution is -2.40. The van der Waals surface area contributed by atoms with E-state index in [9.17, 15) is 9.90 Å². The molecule has 2 aromatic rings. The van der Waals surface area contributed by atoms with Crippen molar-refractivity contribution in [3.63, 3.8) is 0 Å². The van der Waals surface area contributed by atoms with Crippen LogP contribution >= 0.6 is 23.7 Å². The Morgan fingerprint density at radius 2 is 2.21 bits per heavy atom. The summed E-state index contributed by atoms with van der Waals surface area (Å²) in [7, 11) is 1.64. The molecule has 0 bridgehead atoms. The van der Waals surface area contributed by atoms with Crippen LogP contribution in [0.15, 0.2) is 40.9 Å². The van der Waals surface area contributed by atoms with Gasteiger partial charge in [-0.05, 0) is 55.5 Å². The molecule has 29 heavy (non-hydrogen) atoms. The number of aliphatic carboxylic acids is 1. The van der Waals surface area contributed by atoms with Gasteiger partial charge in [0.15, 0.2) is 0 Å². The highest BCUT2D eigenvalue weighted by atomic mass is 35.5. The molecule has 0 spiro atoms. The first-order chi connectivity index (χ1) is 13.6. The zero-order chi connectivity index (χ0) is 19.9. The third kappa shape index (κ3) is 6.45. The van der Waals surface area contributed by atoms with Crippen LogP contribution in [-0.2, 0) is 9.63 Å². The molecule has 158 valence electrons. The number of oxime groups is 1. The van der Waals surface area contributed by atoms with E-state index in [1.807, 2.05) is 24.3 Å². The number of rotatable bonds is 8. The van der Waals surface area contributed by atoms with Gasteiger partial charge in [-0.1, -0.05) is 17.3 Å². The zero-order valence-electron chi connectivity index (χ0n) is 16.7. The maximum atomic E-state index is 11.2. The van der Waals surface area contributed by atoms with Crippen molar-refractivity contribution >= 4 is 35.4 Å². The summed E-state index contributed by atoms with van der Waals surface area (Å²) in [5.41, 5.74) is 2.90. The number of thiophene rings is 1. The quantitative estimate of drug-likeness (QED) is 0.382. The van der Waals surface area contributed by atoms with Gasteiger partial charge in [-0.2, -0.15) is 0 Å². The van der Waals surface area contributed by atoms with E-state index in [0.29, 0.717) is 19.7 Å². The van der Waals surface area contributed by atoms with Crippen molar-refractivity contribution in [2.75, 3.05) is 33.4 Å². The summed E-state index contributed by atoms with van der Waals surface area (Å²) >= 11 is 1.63. The summed E-state index contributed by atoms with van der Waals surface area (Å²) in [6, 6.07) is 9.86. The molecule has 1 saturated heterocycles. The predicted octanol–water partition coefficient (Wildman–Crippen LogP) is 4.05. The van der Waals surface area contributed by atoms with Gasteiger partial charge in [-0.15, -0.1) is 23.7 Å². The molecule has 0 radical (unpaired) electrons. The normalized spacial score (nSPS) is 17.4. The van der Waals surface area contributed by atoms with Crippen LogP contribution in [0.1, 0.15) is 28.8 Å². The van der Waals surface area contributed by atoms with Gasteiger partial charge in [-0.25, -0.2) is 0 Å². The summed E-state index contributed by atoms with van der Waals surface area (Å²) in [5.74, 6) is -0.220. The van der Waals surface area contributed by atoms with E-state index in [-0.39, 0.29) is 18.3 Å². The average Bonchev–Trinajstić information content (AvgIpc) is 3.14. The fourth-order valence-electron chi connectivity index (χ4n) is 3.31. The van der Waals surface area contributed by atoms with Gasteiger partial charge in [0.1, 0.15) is 18.1 Å². The van der Waals surface area contributed by atoms with Crippen LogP contribution in [0.25, 0.3) is 0 Å². The highest BCUT2D eigenvalue weighted by Crippen LogP contribution is 2.22. The highest BCUT2D eigenvalue weighted by molar-refractivity contribution is 7.12. The third-order valence-electron chi connectivity index (χ3n) is 4.82. The predicted molar refractivity (Wildman–Crippen MR) is 118 cm³/mol. The highest BCUT2D eigenvalue weighted by Gasteiger charge is 2.25. The number of hydrogen-bond donors (Lipinski definition) is 1. The minimum atomic E-state index is -0.711. The lowest BCUT2D eigenvalue weighted by atomic mass is 9.98. The third-order valence-corrected chi connectivity index (χ3v) is 5.87. The molecule has 1 aromatic carbocycles. The van der Waals surface area contributed by atoms with Gasteiger partial charge >= 0.3 is 5.97 Å². The maximum Gasteiger partial charge on any atom is 0.307 e. The number of carbonyl (C=O) groups is 1. The first-order valence-electron chi connectivity index (χ1n) is 9.42. The molecule has 6 nitrogen and oxygen atoms in total. The zero-order valence-corrected chi connectivity index (χ0v) is 18.3. The number of piperidine rings is 1. The standard InChI is InChI=1S/C21H26N2O4S.ClH/c1-15-11-19(28-14-15)20(16-5-3-7-18(12-16)26-2)22-27-10-9-23-8-4-6-17(13-23)21(24)25;/h3,5,7,11-12,14,17H,4,6,8-10,13H2,1-2H3,(H,24,25);1H/b22-20+;/t17-;/m1./s1. The van der Waals surface area contributed by atoms with Crippen molar-refractivity contribution in [2.24, 2.45) is 11.1 Å². The topological polar surface area (TPSA) is 71.4 Å². The molecular formula is C21H27ClN2O4S. The smallest absolute Gasteiger partial charge is 0.307 e. The molecule has 2 heterocycles. The second-order valence-electron chi connectivity index (χ2n) is 6.97. The molecule has 0 amide bonds. The van der Waals surface area contributed by atoms with E-state index in [4.69, 9.17) is 9.57 Å². The molecule has 3 rings (SSSR count). The summed E-state index contributed by atoms with van der Waals surface area (Å²) in [6.07, 6.45) is 1.66. The molecule has 1 fully saturated rings. The Morgan fingerprint density at radius 1 is 1.38 bits per heavy atom. The van der Waals surface area contributed by atoms with E-state index >= 15 is 0 Å². The molecule has 1 N–H and O–H groups in total.